The van der Waals surface area contributed by atoms with Crippen LogP contribution in [0, 0.1) is 24.0 Å². The predicted molar refractivity (Wildman–Crippen MR) is 68.9 cm³/mol. The summed E-state index contributed by atoms with van der Waals surface area (Å²) in [4.78, 5) is 11.8. The van der Waals surface area contributed by atoms with Gasteiger partial charge in [0.25, 0.3) is 5.91 Å². The van der Waals surface area contributed by atoms with E-state index in [4.69, 9.17) is 5.11 Å². The molecule has 0 aliphatic heterocycles. The highest BCUT2D eigenvalue weighted by molar-refractivity contribution is 5.94. The molecular weight excluding hydrogens is 252 g/mol. The topological polar surface area (TPSA) is 49.3 Å². The van der Waals surface area contributed by atoms with E-state index < -0.39 is 17.5 Å². The average Bonchev–Trinajstić information content (AvgIpc) is 2.31. The average molecular weight is 271 g/mol. The maximum Gasteiger partial charge on any atom is 0.254 e. The molecule has 0 spiro atoms. The van der Waals surface area contributed by atoms with Gasteiger partial charge in [0.15, 0.2) is 0 Å². The van der Waals surface area contributed by atoms with E-state index in [1.165, 1.54) is 13.0 Å². The maximum absolute atomic E-state index is 13.5. The van der Waals surface area contributed by atoms with Crippen LogP contribution in [0.15, 0.2) is 12.1 Å². The molecule has 0 radical (unpaired) electrons. The van der Waals surface area contributed by atoms with Crippen LogP contribution in [0.3, 0.4) is 0 Å². The van der Waals surface area contributed by atoms with Gasteiger partial charge in [-0.05, 0) is 30.4 Å². The molecule has 5 heteroatoms. The molecule has 0 aliphatic rings. The first-order valence-electron chi connectivity index (χ1n) is 6.11. The third-order valence-corrected chi connectivity index (χ3v) is 3.01. The van der Waals surface area contributed by atoms with Gasteiger partial charge < -0.3 is 10.4 Å². The van der Waals surface area contributed by atoms with Crippen molar-refractivity contribution in [1.29, 1.82) is 0 Å². The van der Waals surface area contributed by atoms with Crippen LogP contribution in [0.1, 0.15) is 36.2 Å². The molecule has 0 fully saturated rings. The molecule has 0 saturated heterocycles. The first-order chi connectivity index (χ1) is 8.76. The van der Waals surface area contributed by atoms with Crippen LogP contribution in [-0.4, -0.2) is 24.2 Å². The molecule has 0 atom stereocenters. The third kappa shape index (κ3) is 4.28. The number of rotatable bonds is 5. The lowest BCUT2D eigenvalue weighted by atomic mass is 9.89. The van der Waals surface area contributed by atoms with Crippen molar-refractivity contribution >= 4 is 5.91 Å². The largest absolute Gasteiger partial charge is 0.396 e. The molecule has 0 aliphatic carbocycles. The Labute approximate surface area is 111 Å². The summed E-state index contributed by atoms with van der Waals surface area (Å²) >= 11 is 0. The van der Waals surface area contributed by atoms with Crippen molar-refractivity contribution < 1.29 is 18.7 Å². The molecule has 0 heterocycles. The van der Waals surface area contributed by atoms with Crippen molar-refractivity contribution in [3.63, 3.8) is 0 Å². The van der Waals surface area contributed by atoms with Gasteiger partial charge in [-0.3, -0.25) is 4.79 Å². The van der Waals surface area contributed by atoms with Gasteiger partial charge >= 0.3 is 0 Å². The second-order valence-corrected chi connectivity index (χ2v) is 5.40. The standard InChI is InChI=1S/C14H19F2NO2/c1-9-6-10(12(16)7-11(9)15)13(19)17-8-14(2,3)4-5-18/h6-7,18H,4-5,8H2,1-3H3,(H,17,19). The van der Waals surface area contributed by atoms with E-state index in [1.807, 2.05) is 13.8 Å². The van der Waals surface area contributed by atoms with Gasteiger partial charge in [0.2, 0.25) is 0 Å². The third-order valence-electron chi connectivity index (χ3n) is 3.01. The van der Waals surface area contributed by atoms with Gasteiger partial charge in [-0.15, -0.1) is 0 Å². The summed E-state index contributed by atoms with van der Waals surface area (Å²) in [6.45, 7) is 5.57. The van der Waals surface area contributed by atoms with E-state index in [0.29, 0.717) is 19.0 Å². The molecule has 1 aromatic carbocycles. The quantitative estimate of drug-likeness (QED) is 0.864. The minimum absolute atomic E-state index is 0.0207. The number of aliphatic hydroxyl groups is 1. The first-order valence-corrected chi connectivity index (χ1v) is 6.11. The Bertz CT molecular complexity index is 473. The summed E-state index contributed by atoms with van der Waals surface area (Å²) < 4.78 is 26.6. The second-order valence-electron chi connectivity index (χ2n) is 5.40. The molecule has 2 N–H and O–H groups in total. The van der Waals surface area contributed by atoms with Crippen molar-refractivity contribution in [2.24, 2.45) is 5.41 Å². The number of carbonyl (C=O) groups excluding carboxylic acids is 1. The molecule has 1 rings (SSSR count). The fourth-order valence-electron chi connectivity index (χ4n) is 1.64. The number of aryl methyl sites for hydroxylation is 1. The molecule has 106 valence electrons. The SMILES string of the molecule is Cc1cc(C(=O)NCC(C)(C)CCO)c(F)cc1F. The van der Waals surface area contributed by atoms with Gasteiger partial charge in [-0.2, -0.15) is 0 Å². The fourth-order valence-corrected chi connectivity index (χ4v) is 1.64. The lowest BCUT2D eigenvalue weighted by Crippen LogP contribution is -2.35. The van der Waals surface area contributed by atoms with Gasteiger partial charge in [0, 0.05) is 19.2 Å². The zero-order valence-electron chi connectivity index (χ0n) is 11.4. The van der Waals surface area contributed by atoms with E-state index >= 15 is 0 Å². The summed E-state index contributed by atoms with van der Waals surface area (Å²) in [7, 11) is 0. The van der Waals surface area contributed by atoms with E-state index in [2.05, 4.69) is 5.32 Å². The summed E-state index contributed by atoms with van der Waals surface area (Å²) in [6, 6.07) is 1.90. The Morgan fingerprint density at radius 3 is 2.53 bits per heavy atom. The molecule has 3 nitrogen and oxygen atoms in total. The zero-order valence-corrected chi connectivity index (χ0v) is 11.4. The number of aliphatic hydroxyl groups excluding tert-OH is 1. The number of carbonyl (C=O) groups is 1. The smallest absolute Gasteiger partial charge is 0.254 e. The van der Waals surface area contributed by atoms with Crippen molar-refractivity contribution in [2.45, 2.75) is 27.2 Å². The lowest BCUT2D eigenvalue weighted by molar-refractivity contribution is 0.0924. The number of benzene rings is 1. The van der Waals surface area contributed by atoms with Crippen LogP contribution >= 0.6 is 0 Å². The van der Waals surface area contributed by atoms with Gasteiger partial charge in [-0.1, -0.05) is 13.8 Å². The molecule has 0 aromatic heterocycles. The Morgan fingerprint density at radius 1 is 1.32 bits per heavy atom. The minimum atomic E-state index is -0.874. The van der Waals surface area contributed by atoms with Crippen LogP contribution in [0.5, 0.6) is 0 Å². The predicted octanol–water partition coefficient (Wildman–Crippen LogP) is 2.41. The van der Waals surface area contributed by atoms with E-state index in [-0.39, 0.29) is 23.1 Å². The van der Waals surface area contributed by atoms with Crippen molar-refractivity contribution in [2.75, 3.05) is 13.2 Å². The Balaban J connectivity index is 2.77. The number of hydrogen-bond donors (Lipinski definition) is 2. The number of amides is 1. The lowest BCUT2D eigenvalue weighted by Gasteiger charge is -2.23. The summed E-state index contributed by atoms with van der Waals surface area (Å²) in [5, 5.41) is 11.5. The van der Waals surface area contributed by atoms with Gasteiger partial charge in [0.1, 0.15) is 11.6 Å². The molecular formula is C14H19F2NO2. The Kier molecular flexibility index (Phi) is 5.00. The van der Waals surface area contributed by atoms with Crippen LogP contribution < -0.4 is 5.32 Å². The molecule has 0 unspecified atom stereocenters. The fraction of sp³-hybridized carbons (Fsp3) is 0.500. The molecule has 1 amide bonds. The van der Waals surface area contributed by atoms with E-state index in [0.717, 1.165) is 0 Å². The van der Waals surface area contributed by atoms with Gasteiger partial charge in [-0.25, -0.2) is 8.78 Å². The number of hydrogen-bond acceptors (Lipinski definition) is 2. The van der Waals surface area contributed by atoms with E-state index in [9.17, 15) is 13.6 Å². The van der Waals surface area contributed by atoms with Gasteiger partial charge in [0.05, 0.1) is 5.56 Å². The first kappa shape index (κ1) is 15.6. The molecule has 0 saturated carbocycles. The highest BCUT2D eigenvalue weighted by Crippen LogP contribution is 2.19. The number of nitrogens with one attached hydrogen (secondary N) is 1. The normalized spacial score (nSPS) is 11.5. The van der Waals surface area contributed by atoms with Crippen LogP contribution in [0.4, 0.5) is 8.78 Å². The Morgan fingerprint density at radius 2 is 1.95 bits per heavy atom. The molecule has 1 aromatic rings. The van der Waals surface area contributed by atoms with Crippen molar-refractivity contribution in [1.82, 2.24) is 5.32 Å². The monoisotopic (exact) mass is 271 g/mol. The van der Waals surface area contributed by atoms with Crippen LogP contribution in [0.2, 0.25) is 0 Å². The second kappa shape index (κ2) is 6.10. The minimum Gasteiger partial charge on any atom is -0.396 e. The maximum atomic E-state index is 13.5. The highest BCUT2D eigenvalue weighted by atomic mass is 19.1. The zero-order chi connectivity index (χ0) is 14.6. The summed E-state index contributed by atoms with van der Waals surface area (Å²) in [5.74, 6) is -2.12. The molecule has 0 bridgehead atoms. The van der Waals surface area contributed by atoms with Crippen LogP contribution in [-0.2, 0) is 0 Å². The van der Waals surface area contributed by atoms with Crippen molar-refractivity contribution in [3.8, 4) is 0 Å². The summed E-state index contributed by atoms with van der Waals surface area (Å²) in [6.07, 6.45) is 0.526. The Hall–Kier alpha value is -1.49. The van der Waals surface area contributed by atoms with E-state index in [1.54, 1.807) is 0 Å². The van der Waals surface area contributed by atoms with Crippen molar-refractivity contribution in [3.05, 3.63) is 34.9 Å². The number of halogens is 2. The van der Waals surface area contributed by atoms with Crippen LogP contribution in [0.25, 0.3) is 0 Å². The summed E-state index contributed by atoms with van der Waals surface area (Å²) in [5.41, 5.74) is -0.226. The molecule has 19 heavy (non-hydrogen) atoms. The highest BCUT2D eigenvalue weighted by Gasteiger charge is 2.20.